The minimum absolute atomic E-state index is 0.0740. The van der Waals surface area contributed by atoms with Crippen LogP contribution >= 0.6 is 0 Å². The molecule has 6 rings (SSSR count). The number of hydrogen-bond acceptors (Lipinski definition) is 4. The number of H-pyrrole nitrogens is 1. The highest BCUT2D eigenvalue weighted by Gasteiger charge is 2.27. The smallest absolute Gasteiger partial charge is 0.313 e. The van der Waals surface area contributed by atoms with Crippen LogP contribution in [0.3, 0.4) is 0 Å². The number of aromatic nitrogens is 2. The summed E-state index contributed by atoms with van der Waals surface area (Å²) in [5.41, 5.74) is 1.01. The lowest BCUT2D eigenvalue weighted by Gasteiger charge is -2.29. The van der Waals surface area contributed by atoms with Crippen molar-refractivity contribution in [3.63, 3.8) is 0 Å². The largest absolute Gasteiger partial charge is 0.359 e. The summed E-state index contributed by atoms with van der Waals surface area (Å²) >= 11 is 0. The van der Waals surface area contributed by atoms with Gasteiger partial charge in [-0.1, -0.05) is 13.3 Å². The van der Waals surface area contributed by atoms with Gasteiger partial charge in [-0.25, -0.2) is 17.6 Å². The molecule has 4 amide bonds. The molecular formula is C36H40F4N6O4. The van der Waals surface area contributed by atoms with Gasteiger partial charge in [0.05, 0.1) is 22.4 Å². The Labute approximate surface area is 285 Å². The molecule has 2 fully saturated rings. The van der Waals surface area contributed by atoms with Gasteiger partial charge in [0.1, 0.15) is 0 Å². The molecule has 0 aliphatic heterocycles. The maximum Gasteiger partial charge on any atom is 0.313 e. The summed E-state index contributed by atoms with van der Waals surface area (Å²) in [6.45, 7) is 2.58. The molecule has 50 heavy (non-hydrogen) atoms. The fraction of sp³-hybridized carbons (Fsp3) is 0.444. The molecule has 2 heterocycles. The molecule has 2 aromatic heterocycles. The summed E-state index contributed by atoms with van der Waals surface area (Å²) in [6, 6.07) is 3.69. The van der Waals surface area contributed by atoms with E-state index in [-0.39, 0.29) is 45.7 Å². The van der Waals surface area contributed by atoms with E-state index in [1.54, 1.807) is 10.8 Å². The summed E-state index contributed by atoms with van der Waals surface area (Å²) < 4.78 is 57.5. The maximum atomic E-state index is 14.3. The van der Waals surface area contributed by atoms with E-state index in [4.69, 9.17) is 0 Å². The van der Waals surface area contributed by atoms with Crippen LogP contribution in [-0.4, -0.2) is 45.3 Å². The van der Waals surface area contributed by atoms with Crippen LogP contribution in [0.15, 0.2) is 36.7 Å². The lowest BCUT2D eigenvalue weighted by atomic mass is 9.84. The highest BCUT2D eigenvalue weighted by molar-refractivity contribution is 6.40. The predicted molar refractivity (Wildman–Crippen MR) is 180 cm³/mol. The lowest BCUT2D eigenvalue weighted by Crippen LogP contribution is -2.43. The van der Waals surface area contributed by atoms with Gasteiger partial charge in [0.2, 0.25) is 0 Å². The average Bonchev–Trinajstić information content (AvgIpc) is 3.64. The minimum atomic E-state index is -1.08. The highest BCUT2D eigenvalue weighted by Crippen LogP contribution is 2.32. The Balaban J connectivity index is 1.01. The number of anilines is 2. The van der Waals surface area contributed by atoms with Crippen LogP contribution in [-0.2, 0) is 25.7 Å². The van der Waals surface area contributed by atoms with E-state index in [0.29, 0.717) is 37.2 Å². The van der Waals surface area contributed by atoms with Gasteiger partial charge in [0, 0.05) is 53.9 Å². The van der Waals surface area contributed by atoms with E-state index in [1.807, 2.05) is 0 Å². The highest BCUT2D eigenvalue weighted by atomic mass is 19.2. The molecule has 0 atom stereocenters. The van der Waals surface area contributed by atoms with Crippen molar-refractivity contribution in [1.29, 1.82) is 0 Å². The van der Waals surface area contributed by atoms with Crippen LogP contribution in [0, 0.1) is 35.1 Å². The normalized spacial score (nSPS) is 20.8. The van der Waals surface area contributed by atoms with Gasteiger partial charge in [-0.05, 0) is 81.8 Å². The monoisotopic (exact) mass is 696 g/mol. The molecule has 266 valence electrons. The number of halogens is 4. The van der Waals surface area contributed by atoms with Crippen LogP contribution in [0.1, 0.15) is 71.1 Å². The zero-order valence-corrected chi connectivity index (χ0v) is 27.6. The van der Waals surface area contributed by atoms with Crippen molar-refractivity contribution >= 4 is 56.8 Å². The summed E-state index contributed by atoms with van der Waals surface area (Å²) in [5, 5.41) is 11.1. The Bertz CT molecular complexity index is 1920. The number of nitrogens with one attached hydrogen (secondary N) is 5. The number of nitrogens with zero attached hydrogens (tertiary/aromatic N) is 1. The van der Waals surface area contributed by atoms with Gasteiger partial charge in [-0.2, -0.15) is 0 Å². The lowest BCUT2D eigenvalue weighted by molar-refractivity contribution is -0.136. The molecule has 4 aromatic rings. The SMILES string of the molecule is CC[C@H]1CC[C@@H](NC(=O)C(=O)Nc2cn(CC[C@H]3CC[C@H](NC(=O)C(=O)Nc4c[nH]c5cc(F)c(F)cc45)CC3)c3cc(F)c(F)cc23)CC1. The van der Waals surface area contributed by atoms with Crippen LogP contribution in [0.2, 0.25) is 0 Å². The Kier molecular flexibility index (Phi) is 10.4. The summed E-state index contributed by atoms with van der Waals surface area (Å²) in [5.74, 6) is -6.74. The van der Waals surface area contributed by atoms with Crippen molar-refractivity contribution in [3.8, 4) is 0 Å². The third kappa shape index (κ3) is 7.79. The summed E-state index contributed by atoms with van der Waals surface area (Å²) in [4.78, 5) is 53.5. The molecule has 2 aliphatic rings. The Hall–Kier alpha value is -4.88. The Morgan fingerprint density at radius 3 is 1.80 bits per heavy atom. The van der Waals surface area contributed by atoms with Gasteiger partial charge >= 0.3 is 23.6 Å². The van der Waals surface area contributed by atoms with Gasteiger partial charge < -0.3 is 30.8 Å². The second-order valence-electron chi connectivity index (χ2n) is 13.5. The summed E-state index contributed by atoms with van der Waals surface area (Å²) in [6.07, 6.45) is 11.0. The molecule has 2 saturated carbocycles. The minimum Gasteiger partial charge on any atom is -0.359 e. The first-order valence-corrected chi connectivity index (χ1v) is 17.2. The maximum absolute atomic E-state index is 14.3. The molecule has 0 spiro atoms. The molecule has 14 heteroatoms. The number of rotatable bonds is 8. The number of carbonyl (C=O) groups excluding carboxylic acids is 4. The fourth-order valence-corrected chi connectivity index (χ4v) is 7.28. The van der Waals surface area contributed by atoms with Crippen LogP contribution in [0.5, 0.6) is 0 Å². The van der Waals surface area contributed by atoms with Crippen molar-refractivity contribution in [3.05, 3.63) is 59.9 Å². The summed E-state index contributed by atoms with van der Waals surface area (Å²) in [7, 11) is 0. The third-order valence-corrected chi connectivity index (χ3v) is 10.3. The first kappa shape index (κ1) is 35.0. The quantitative estimate of drug-likeness (QED) is 0.108. The third-order valence-electron chi connectivity index (χ3n) is 10.3. The van der Waals surface area contributed by atoms with Crippen molar-refractivity contribution in [1.82, 2.24) is 20.2 Å². The van der Waals surface area contributed by atoms with E-state index in [9.17, 15) is 36.7 Å². The predicted octanol–water partition coefficient (Wildman–Crippen LogP) is 6.41. The van der Waals surface area contributed by atoms with Gasteiger partial charge in [0.25, 0.3) is 0 Å². The molecule has 2 aliphatic carbocycles. The number of aromatic amines is 1. The van der Waals surface area contributed by atoms with E-state index in [2.05, 4.69) is 33.2 Å². The van der Waals surface area contributed by atoms with Crippen molar-refractivity contribution in [2.24, 2.45) is 11.8 Å². The average molecular weight is 697 g/mol. The molecule has 0 bridgehead atoms. The number of amides is 4. The van der Waals surface area contributed by atoms with Crippen molar-refractivity contribution in [2.75, 3.05) is 10.6 Å². The van der Waals surface area contributed by atoms with E-state index in [0.717, 1.165) is 69.2 Å². The van der Waals surface area contributed by atoms with Crippen LogP contribution < -0.4 is 21.3 Å². The molecule has 0 unspecified atom stereocenters. The second-order valence-corrected chi connectivity index (χ2v) is 13.5. The number of carbonyl (C=O) groups is 4. The van der Waals surface area contributed by atoms with E-state index in [1.165, 1.54) is 6.20 Å². The molecular weight excluding hydrogens is 656 g/mol. The first-order chi connectivity index (χ1) is 24.0. The van der Waals surface area contributed by atoms with Gasteiger partial charge in [-0.3, -0.25) is 19.2 Å². The molecule has 10 nitrogen and oxygen atoms in total. The zero-order chi connectivity index (χ0) is 35.5. The fourth-order valence-electron chi connectivity index (χ4n) is 7.28. The first-order valence-electron chi connectivity index (χ1n) is 17.2. The van der Waals surface area contributed by atoms with Gasteiger partial charge in [-0.15, -0.1) is 0 Å². The van der Waals surface area contributed by atoms with Crippen molar-refractivity contribution < 1.29 is 36.7 Å². The molecule has 5 N–H and O–H groups in total. The van der Waals surface area contributed by atoms with Gasteiger partial charge in [0.15, 0.2) is 23.3 Å². The number of aryl methyl sites for hydroxylation is 1. The number of benzene rings is 2. The van der Waals surface area contributed by atoms with Crippen molar-refractivity contribution in [2.45, 2.75) is 89.8 Å². The number of fused-ring (bicyclic) bond motifs is 2. The zero-order valence-electron chi connectivity index (χ0n) is 27.6. The second kappa shape index (κ2) is 14.9. The topological polar surface area (TPSA) is 137 Å². The number of hydrogen-bond donors (Lipinski definition) is 5. The van der Waals surface area contributed by atoms with Crippen LogP contribution in [0.25, 0.3) is 21.8 Å². The van der Waals surface area contributed by atoms with E-state index < -0.39 is 46.9 Å². The molecule has 2 aromatic carbocycles. The van der Waals surface area contributed by atoms with Crippen LogP contribution in [0.4, 0.5) is 28.9 Å². The molecule has 0 saturated heterocycles. The molecule has 0 radical (unpaired) electrons. The Morgan fingerprint density at radius 2 is 1.20 bits per heavy atom. The van der Waals surface area contributed by atoms with E-state index >= 15 is 0 Å². The standard InChI is InChI=1S/C36H40F4N6O4/c1-2-19-3-7-21(8-4-19)42-34(48)36(50)45-31-18-46(32-16-28(40)26(38)14-24(31)32)12-11-20-5-9-22(10-6-20)43-33(47)35(49)44-30-17-41-29-15-27(39)25(37)13-23(29)30/h13-22,41H,2-12H2,1H3,(H,42,48)(H,43,47)(H,44,49)(H,45,50)/t19-,20-,21+,22-. The Morgan fingerprint density at radius 1 is 0.680 bits per heavy atom.